The fraction of sp³-hybridized carbons (Fsp3) is 0.474. The number of halogens is 1. The number of benzene rings is 1. The van der Waals surface area contributed by atoms with Crippen LogP contribution in [0.25, 0.3) is 11.0 Å². The lowest BCUT2D eigenvalue weighted by atomic mass is 10.1. The highest BCUT2D eigenvalue weighted by Crippen LogP contribution is 2.28. The molecule has 0 bridgehead atoms. The van der Waals surface area contributed by atoms with Gasteiger partial charge >= 0.3 is 5.97 Å². The molecule has 0 unspecified atom stereocenters. The number of hydrogen-bond donors (Lipinski definition) is 0. The number of amides is 1. The monoisotopic (exact) mass is 347 g/mol. The smallest absolute Gasteiger partial charge is 0.375 e. The Labute approximate surface area is 145 Å². The highest BCUT2D eigenvalue weighted by molar-refractivity contribution is 5.97. The summed E-state index contributed by atoms with van der Waals surface area (Å²) in [4.78, 5) is 26.6. The second-order valence-electron chi connectivity index (χ2n) is 6.46. The largest absolute Gasteiger partial charge is 0.447 e. The molecule has 5 nitrogen and oxygen atoms in total. The van der Waals surface area contributed by atoms with Crippen molar-refractivity contribution in [3.05, 3.63) is 35.3 Å². The van der Waals surface area contributed by atoms with Gasteiger partial charge in [0.05, 0.1) is 0 Å². The maximum Gasteiger partial charge on any atom is 0.375 e. The molecule has 25 heavy (non-hydrogen) atoms. The summed E-state index contributed by atoms with van der Waals surface area (Å²) in [7, 11) is 0. The first kappa shape index (κ1) is 17.5. The van der Waals surface area contributed by atoms with E-state index in [9.17, 15) is 14.0 Å². The van der Waals surface area contributed by atoms with Gasteiger partial charge in [0.2, 0.25) is 5.76 Å². The van der Waals surface area contributed by atoms with Crippen LogP contribution >= 0.6 is 0 Å². The van der Waals surface area contributed by atoms with Gasteiger partial charge in [0.15, 0.2) is 17.5 Å². The molecule has 1 aliphatic rings. The molecule has 6 heteroatoms. The molecule has 0 radical (unpaired) electrons. The number of esters is 1. The van der Waals surface area contributed by atoms with Crippen molar-refractivity contribution in [1.29, 1.82) is 0 Å². The number of nitrogens with zero attached hydrogens (tertiary/aromatic N) is 1. The average Bonchev–Trinajstić information content (AvgIpc) is 2.77. The third-order valence-corrected chi connectivity index (χ3v) is 4.65. The Balaban J connectivity index is 1.74. The molecule has 1 fully saturated rings. The number of furan rings is 1. The summed E-state index contributed by atoms with van der Waals surface area (Å²) >= 11 is 0. The summed E-state index contributed by atoms with van der Waals surface area (Å²) in [6.45, 7) is 4.61. The van der Waals surface area contributed by atoms with Gasteiger partial charge in [-0.15, -0.1) is 0 Å². The Bertz CT molecular complexity index is 790. The molecule has 0 saturated carbocycles. The zero-order chi connectivity index (χ0) is 18.0. The van der Waals surface area contributed by atoms with Crippen LogP contribution in [0.5, 0.6) is 0 Å². The van der Waals surface area contributed by atoms with E-state index in [0.29, 0.717) is 24.0 Å². The fourth-order valence-electron chi connectivity index (χ4n) is 3.22. The van der Waals surface area contributed by atoms with Gasteiger partial charge in [0.1, 0.15) is 0 Å². The van der Waals surface area contributed by atoms with Crippen LogP contribution in [0.15, 0.2) is 22.6 Å². The van der Waals surface area contributed by atoms with Crippen LogP contribution < -0.4 is 0 Å². The van der Waals surface area contributed by atoms with Gasteiger partial charge in [-0.3, -0.25) is 4.79 Å². The van der Waals surface area contributed by atoms with E-state index in [-0.39, 0.29) is 17.3 Å². The van der Waals surface area contributed by atoms with E-state index >= 15 is 0 Å². The number of likely N-dealkylation sites (tertiary alicyclic amines) is 1. The van der Waals surface area contributed by atoms with Crippen LogP contribution in [-0.4, -0.2) is 36.0 Å². The predicted octanol–water partition coefficient (Wildman–Crippen LogP) is 3.83. The van der Waals surface area contributed by atoms with Gasteiger partial charge in [-0.1, -0.05) is 25.0 Å². The predicted molar refractivity (Wildman–Crippen MR) is 90.8 cm³/mol. The van der Waals surface area contributed by atoms with Crippen molar-refractivity contribution >= 4 is 22.8 Å². The van der Waals surface area contributed by atoms with Crippen molar-refractivity contribution in [3.8, 4) is 0 Å². The van der Waals surface area contributed by atoms with Crippen LogP contribution in [0.3, 0.4) is 0 Å². The molecule has 2 aromatic rings. The molecule has 1 aromatic heterocycles. The topological polar surface area (TPSA) is 59.8 Å². The summed E-state index contributed by atoms with van der Waals surface area (Å²) in [5.41, 5.74) is 0.535. The van der Waals surface area contributed by atoms with E-state index in [2.05, 4.69) is 0 Å². The van der Waals surface area contributed by atoms with Crippen molar-refractivity contribution in [1.82, 2.24) is 4.90 Å². The Morgan fingerprint density at radius 3 is 2.52 bits per heavy atom. The van der Waals surface area contributed by atoms with Gasteiger partial charge in [0, 0.05) is 24.0 Å². The van der Waals surface area contributed by atoms with Crippen LogP contribution in [-0.2, 0) is 9.53 Å². The highest BCUT2D eigenvalue weighted by atomic mass is 19.1. The number of aryl methyl sites for hydroxylation is 1. The van der Waals surface area contributed by atoms with Gasteiger partial charge in [0.25, 0.3) is 5.91 Å². The minimum absolute atomic E-state index is 0.0263. The summed E-state index contributed by atoms with van der Waals surface area (Å²) in [5, 5.41) is 0.526. The first-order valence-electron chi connectivity index (χ1n) is 8.66. The Morgan fingerprint density at radius 1 is 1.20 bits per heavy atom. The molecule has 1 saturated heterocycles. The molecular formula is C19H22FNO4. The first-order valence-corrected chi connectivity index (χ1v) is 8.66. The van der Waals surface area contributed by atoms with Crippen LogP contribution in [0, 0.1) is 12.7 Å². The van der Waals surface area contributed by atoms with E-state index in [4.69, 9.17) is 9.15 Å². The van der Waals surface area contributed by atoms with E-state index in [1.54, 1.807) is 30.9 Å². The SMILES string of the molecule is Cc1c(C(=O)O[C@@H](C)C(=O)N2CCCCCC2)oc2c(F)cccc12. The van der Waals surface area contributed by atoms with E-state index in [1.165, 1.54) is 6.07 Å². The van der Waals surface area contributed by atoms with Gasteiger partial charge < -0.3 is 14.1 Å². The van der Waals surface area contributed by atoms with Crippen LogP contribution in [0.4, 0.5) is 4.39 Å². The molecule has 1 aliphatic heterocycles. The van der Waals surface area contributed by atoms with Crippen molar-refractivity contribution in [2.24, 2.45) is 0 Å². The zero-order valence-electron chi connectivity index (χ0n) is 14.5. The molecule has 0 N–H and O–H groups in total. The molecule has 0 aliphatic carbocycles. The summed E-state index contributed by atoms with van der Waals surface area (Å²) < 4.78 is 24.5. The first-order chi connectivity index (χ1) is 12.0. The number of rotatable bonds is 3. The van der Waals surface area contributed by atoms with Crippen molar-refractivity contribution < 1.29 is 23.1 Å². The van der Waals surface area contributed by atoms with Gasteiger partial charge in [-0.25, -0.2) is 9.18 Å². The molecule has 1 aromatic carbocycles. The number of hydrogen-bond acceptors (Lipinski definition) is 4. The van der Waals surface area contributed by atoms with E-state index in [0.717, 1.165) is 25.7 Å². The quantitative estimate of drug-likeness (QED) is 0.792. The average molecular weight is 347 g/mol. The van der Waals surface area contributed by atoms with Crippen molar-refractivity contribution in [2.75, 3.05) is 13.1 Å². The molecular weight excluding hydrogens is 325 g/mol. The normalized spacial score (nSPS) is 16.5. The zero-order valence-corrected chi connectivity index (χ0v) is 14.5. The second kappa shape index (κ2) is 7.25. The molecule has 1 atom stereocenters. The Hall–Kier alpha value is -2.37. The molecule has 0 spiro atoms. The maximum atomic E-state index is 13.8. The standard InChI is InChI=1S/C19H22FNO4/c1-12-14-8-7-9-15(20)17(14)25-16(12)19(23)24-13(2)18(22)21-10-5-3-4-6-11-21/h7-9,13H,3-6,10-11H2,1-2H3/t13-/m0/s1. The summed E-state index contributed by atoms with van der Waals surface area (Å²) in [6.07, 6.45) is 3.26. The maximum absolute atomic E-state index is 13.8. The molecule has 3 rings (SSSR count). The van der Waals surface area contributed by atoms with Gasteiger partial charge in [-0.2, -0.15) is 0 Å². The third kappa shape index (κ3) is 3.52. The van der Waals surface area contributed by atoms with E-state index < -0.39 is 17.9 Å². The minimum Gasteiger partial charge on any atom is -0.447 e. The lowest BCUT2D eigenvalue weighted by molar-refractivity contribution is -0.139. The number of carbonyl (C=O) groups excluding carboxylic acids is 2. The van der Waals surface area contributed by atoms with Crippen molar-refractivity contribution in [2.45, 2.75) is 45.6 Å². The number of para-hydroxylation sites is 1. The molecule has 2 heterocycles. The Kier molecular flexibility index (Phi) is 5.06. The van der Waals surface area contributed by atoms with Crippen LogP contribution in [0.1, 0.15) is 48.7 Å². The minimum atomic E-state index is -0.900. The van der Waals surface area contributed by atoms with Gasteiger partial charge in [-0.05, 0) is 32.8 Å². The van der Waals surface area contributed by atoms with Crippen molar-refractivity contribution in [3.63, 3.8) is 0 Å². The second-order valence-corrected chi connectivity index (χ2v) is 6.46. The highest BCUT2D eigenvalue weighted by Gasteiger charge is 2.28. The lowest BCUT2D eigenvalue weighted by Gasteiger charge is -2.23. The third-order valence-electron chi connectivity index (χ3n) is 4.65. The lowest BCUT2D eigenvalue weighted by Crippen LogP contribution is -2.40. The summed E-state index contributed by atoms with van der Waals surface area (Å²) in [5.74, 6) is -1.54. The Morgan fingerprint density at radius 2 is 1.88 bits per heavy atom. The summed E-state index contributed by atoms with van der Waals surface area (Å²) in [6, 6.07) is 4.51. The fourth-order valence-corrected chi connectivity index (χ4v) is 3.22. The van der Waals surface area contributed by atoms with Crippen LogP contribution in [0.2, 0.25) is 0 Å². The number of ether oxygens (including phenoxy) is 1. The number of fused-ring (bicyclic) bond motifs is 1. The number of carbonyl (C=O) groups is 2. The van der Waals surface area contributed by atoms with E-state index in [1.807, 2.05) is 0 Å². The molecule has 134 valence electrons. The molecule has 1 amide bonds.